The molecule has 2 aromatic rings. The van der Waals surface area contributed by atoms with E-state index in [4.69, 9.17) is 0 Å². The Balaban J connectivity index is 1.78. The minimum atomic E-state index is -0.917. The zero-order chi connectivity index (χ0) is 17.3. The molecule has 1 aliphatic rings. The van der Waals surface area contributed by atoms with Crippen LogP contribution in [0.4, 0.5) is 0 Å². The van der Waals surface area contributed by atoms with Gasteiger partial charge in [0.15, 0.2) is 5.69 Å². The molecule has 0 aliphatic heterocycles. The van der Waals surface area contributed by atoms with Gasteiger partial charge in [-0.3, -0.25) is 9.58 Å². The third-order valence-corrected chi connectivity index (χ3v) is 5.48. The van der Waals surface area contributed by atoms with Crippen molar-refractivity contribution in [3.8, 4) is 0 Å². The van der Waals surface area contributed by atoms with Gasteiger partial charge in [-0.15, -0.1) is 11.3 Å². The number of aromatic nitrogens is 3. The largest absolute Gasteiger partial charge is 0.476 e. The smallest absolute Gasteiger partial charge is 0.356 e. The van der Waals surface area contributed by atoms with Crippen molar-refractivity contribution in [3.63, 3.8) is 0 Å². The van der Waals surface area contributed by atoms with E-state index in [2.05, 4.69) is 34.3 Å². The summed E-state index contributed by atoms with van der Waals surface area (Å²) in [6, 6.07) is 0.330. The average molecular weight is 348 g/mol. The molecule has 0 saturated carbocycles. The number of fused-ring (bicyclic) bond motifs is 1. The minimum absolute atomic E-state index is 0.237. The second-order valence-corrected chi connectivity index (χ2v) is 7.53. The second-order valence-electron chi connectivity index (χ2n) is 6.47. The van der Waals surface area contributed by atoms with Gasteiger partial charge < -0.3 is 5.11 Å². The van der Waals surface area contributed by atoms with Crippen molar-refractivity contribution >= 4 is 17.3 Å². The number of rotatable bonds is 6. The Morgan fingerprint density at radius 2 is 2.33 bits per heavy atom. The number of carboxylic acid groups (broad SMARTS) is 1. The number of hydrogen-bond acceptors (Lipinski definition) is 5. The molecule has 0 bridgehead atoms. The summed E-state index contributed by atoms with van der Waals surface area (Å²) < 4.78 is 1.90. The molecule has 0 aromatic carbocycles. The molecule has 7 heteroatoms. The average Bonchev–Trinajstić information content (AvgIpc) is 3.11. The fourth-order valence-corrected chi connectivity index (χ4v) is 4.08. The molecule has 0 radical (unpaired) electrons. The van der Waals surface area contributed by atoms with Crippen molar-refractivity contribution < 1.29 is 9.90 Å². The SMILES string of the molecule is CCCn1nc(C(=O)O)c2c1CCC(N(C)Cc1csc(C)n1)C2. The van der Waals surface area contributed by atoms with Crippen LogP contribution in [0.2, 0.25) is 0 Å². The van der Waals surface area contributed by atoms with E-state index in [0.717, 1.165) is 60.7 Å². The van der Waals surface area contributed by atoms with Gasteiger partial charge in [0, 0.05) is 35.8 Å². The third-order valence-electron chi connectivity index (χ3n) is 4.66. The van der Waals surface area contributed by atoms with Gasteiger partial charge in [0.25, 0.3) is 0 Å². The van der Waals surface area contributed by atoms with E-state index in [9.17, 15) is 9.90 Å². The standard InChI is InChI=1S/C17H24N4O2S/c1-4-7-21-15-6-5-13(8-14(15)16(19-21)17(22)23)20(3)9-12-10-24-11(2)18-12/h10,13H,4-9H2,1-3H3,(H,22,23). The lowest BCUT2D eigenvalue weighted by Crippen LogP contribution is -2.36. The van der Waals surface area contributed by atoms with Crippen LogP contribution in [0.25, 0.3) is 0 Å². The first-order valence-corrected chi connectivity index (χ1v) is 9.30. The van der Waals surface area contributed by atoms with E-state index in [1.54, 1.807) is 11.3 Å². The zero-order valence-corrected chi connectivity index (χ0v) is 15.3. The monoisotopic (exact) mass is 348 g/mol. The van der Waals surface area contributed by atoms with E-state index >= 15 is 0 Å². The summed E-state index contributed by atoms with van der Waals surface area (Å²) in [6.07, 6.45) is 3.63. The van der Waals surface area contributed by atoms with Crippen LogP contribution in [-0.4, -0.2) is 43.8 Å². The van der Waals surface area contributed by atoms with Crippen molar-refractivity contribution in [2.45, 2.75) is 58.7 Å². The second kappa shape index (κ2) is 7.03. The highest BCUT2D eigenvalue weighted by Gasteiger charge is 2.30. The molecule has 0 saturated heterocycles. The summed E-state index contributed by atoms with van der Waals surface area (Å²) >= 11 is 1.67. The Morgan fingerprint density at radius 1 is 1.54 bits per heavy atom. The maximum absolute atomic E-state index is 11.6. The molecular weight excluding hydrogens is 324 g/mol. The first kappa shape index (κ1) is 17.1. The van der Waals surface area contributed by atoms with Gasteiger partial charge in [-0.25, -0.2) is 9.78 Å². The predicted molar refractivity (Wildman–Crippen MR) is 93.6 cm³/mol. The Bertz CT molecular complexity index is 737. The van der Waals surface area contributed by atoms with Crippen LogP contribution in [-0.2, 0) is 25.9 Å². The Morgan fingerprint density at radius 3 is 2.96 bits per heavy atom. The summed E-state index contributed by atoms with van der Waals surface area (Å²) in [5.41, 5.74) is 3.36. The molecular formula is C17H24N4O2S. The molecule has 130 valence electrons. The molecule has 1 atom stereocenters. The fraction of sp³-hybridized carbons (Fsp3) is 0.588. The molecule has 1 aliphatic carbocycles. The van der Waals surface area contributed by atoms with Crippen molar-refractivity contribution in [2.24, 2.45) is 0 Å². The van der Waals surface area contributed by atoms with Gasteiger partial charge in [-0.1, -0.05) is 6.92 Å². The summed E-state index contributed by atoms with van der Waals surface area (Å²) in [4.78, 5) is 18.4. The number of likely N-dealkylation sites (N-methyl/N-ethyl adjacent to an activating group) is 1. The molecule has 1 unspecified atom stereocenters. The Kier molecular flexibility index (Phi) is 5.01. The topological polar surface area (TPSA) is 71.2 Å². The lowest BCUT2D eigenvalue weighted by atomic mass is 9.90. The minimum Gasteiger partial charge on any atom is -0.476 e. The van der Waals surface area contributed by atoms with E-state index in [0.29, 0.717) is 6.04 Å². The summed E-state index contributed by atoms with van der Waals surface area (Å²) in [5, 5.41) is 17.0. The van der Waals surface area contributed by atoms with Crippen LogP contribution in [0.5, 0.6) is 0 Å². The van der Waals surface area contributed by atoms with Gasteiger partial charge in [0.2, 0.25) is 0 Å². The number of carboxylic acids is 1. The number of thiazole rings is 1. The van der Waals surface area contributed by atoms with E-state index in [1.807, 2.05) is 11.6 Å². The van der Waals surface area contributed by atoms with Crippen LogP contribution in [0.3, 0.4) is 0 Å². The lowest BCUT2D eigenvalue weighted by molar-refractivity contribution is 0.0687. The molecule has 2 aromatic heterocycles. The summed E-state index contributed by atoms with van der Waals surface area (Å²) in [5.74, 6) is -0.917. The van der Waals surface area contributed by atoms with Crippen LogP contribution >= 0.6 is 11.3 Å². The molecule has 0 spiro atoms. The number of aryl methyl sites for hydroxylation is 2. The first-order valence-electron chi connectivity index (χ1n) is 8.42. The Labute approximate surface area is 146 Å². The van der Waals surface area contributed by atoms with E-state index < -0.39 is 5.97 Å². The fourth-order valence-electron chi connectivity index (χ4n) is 3.48. The van der Waals surface area contributed by atoms with Gasteiger partial charge >= 0.3 is 5.97 Å². The van der Waals surface area contributed by atoms with Crippen molar-refractivity contribution in [2.75, 3.05) is 7.05 Å². The Hall–Kier alpha value is -1.73. The van der Waals surface area contributed by atoms with E-state index in [-0.39, 0.29) is 5.69 Å². The predicted octanol–water partition coefficient (Wildman–Crippen LogP) is 2.75. The van der Waals surface area contributed by atoms with Gasteiger partial charge in [0.05, 0.1) is 10.7 Å². The summed E-state index contributed by atoms with van der Waals surface area (Å²) in [6.45, 7) is 5.69. The maximum Gasteiger partial charge on any atom is 0.356 e. The molecule has 0 amide bonds. The molecule has 24 heavy (non-hydrogen) atoms. The lowest BCUT2D eigenvalue weighted by Gasteiger charge is -2.31. The highest BCUT2D eigenvalue weighted by atomic mass is 32.1. The molecule has 2 heterocycles. The van der Waals surface area contributed by atoms with Crippen molar-refractivity contribution in [3.05, 3.63) is 33.0 Å². The van der Waals surface area contributed by atoms with Crippen molar-refractivity contribution in [1.82, 2.24) is 19.7 Å². The molecule has 3 rings (SSSR count). The quantitative estimate of drug-likeness (QED) is 0.869. The number of carbonyl (C=O) groups is 1. The van der Waals surface area contributed by atoms with Gasteiger partial charge in [0.1, 0.15) is 0 Å². The third kappa shape index (κ3) is 3.37. The zero-order valence-electron chi connectivity index (χ0n) is 14.4. The van der Waals surface area contributed by atoms with Crippen molar-refractivity contribution in [1.29, 1.82) is 0 Å². The van der Waals surface area contributed by atoms with Crippen LogP contribution in [0.1, 0.15) is 52.2 Å². The number of hydrogen-bond donors (Lipinski definition) is 1. The normalized spacial score (nSPS) is 17.2. The van der Waals surface area contributed by atoms with Crippen LogP contribution in [0.15, 0.2) is 5.38 Å². The number of nitrogens with zero attached hydrogens (tertiary/aromatic N) is 4. The van der Waals surface area contributed by atoms with Gasteiger partial charge in [-0.2, -0.15) is 5.10 Å². The van der Waals surface area contributed by atoms with Crippen LogP contribution < -0.4 is 0 Å². The molecule has 0 fully saturated rings. The highest BCUT2D eigenvalue weighted by Crippen LogP contribution is 2.28. The van der Waals surface area contributed by atoms with Crippen LogP contribution in [0, 0.1) is 6.92 Å². The van der Waals surface area contributed by atoms with E-state index in [1.165, 1.54) is 0 Å². The molecule has 6 nitrogen and oxygen atoms in total. The highest BCUT2D eigenvalue weighted by molar-refractivity contribution is 7.09. The summed E-state index contributed by atoms with van der Waals surface area (Å²) in [7, 11) is 2.10. The molecule has 1 N–H and O–H groups in total. The first-order chi connectivity index (χ1) is 11.5. The number of aromatic carboxylic acids is 1. The van der Waals surface area contributed by atoms with Gasteiger partial charge in [-0.05, 0) is 39.7 Å². The maximum atomic E-state index is 11.6.